The molecule has 5 nitrogen and oxygen atoms in total. The van der Waals surface area contributed by atoms with Crippen molar-refractivity contribution in [1.82, 2.24) is 10.0 Å². The van der Waals surface area contributed by atoms with Gasteiger partial charge in [0.05, 0.1) is 17.0 Å². The third-order valence-electron chi connectivity index (χ3n) is 2.35. The number of sulfonamides is 1. The van der Waals surface area contributed by atoms with Crippen LogP contribution in [-0.2, 0) is 21.0 Å². The topological polar surface area (TPSA) is 75.3 Å². The maximum atomic E-state index is 12.8. The molecule has 0 heterocycles. The summed E-state index contributed by atoms with van der Waals surface area (Å²) in [5, 5.41) is 2.42. The quantitative estimate of drug-likeness (QED) is 0.862. The Balaban J connectivity index is 2.97. The Labute approximate surface area is 120 Å². The molecule has 21 heavy (non-hydrogen) atoms. The lowest BCUT2D eigenvalue weighted by atomic mass is 10.2. The molecule has 2 N–H and O–H groups in total. The van der Waals surface area contributed by atoms with E-state index in [2.05, 4.69) is 5.32 Å². The standard InChI is InChI=1S/C12H15F3N2O3S/c1-8(2)17-11(18)7-16-21(19,20)10-6-4-3-5-9(10)12(13,14)15/h3-6,8,16H,7H2,1-2H3,(H,17,18). The van der Waals surface area contributed by atoms with E-state index in [1.54, 1.807) is 13.8 Å². The molecule has 1 aromatic rings. The molecule has 0 bridgehead atoms. The van der Waals surface area contributed by atoms with Crippen LogP contribution in [0.2, 0.25) is 0 Å². The highest BCUT2D eigenvalue weighted by Crippen LogP contribution is 2.33. The zero-order valence-electron chi connectivity index (χ0n) is 11.4. The third-order valence-corrected chi connectivity index (χ3v) is 3.81. The van der Waals surface area contributed by atoms with Crippen LogP contribution in [0.15, 0.2) is 29.2 Å². The van der Waals surface area contributed by atoms with Gasteiger partial charge in [0.15, 0.2) is 0 Å². The van der Waals surface area contributed by atoms with Gasteiger partial charge in [0.2, 0.25) is 15.9 Å². The lowest BCUT2D eigenvalue weighted by Crippen LogP contribution is -2.40. The molecule has 0 spiro atoms. The predicted molar refractivity (Wildman–Crippen MR) is 69.9 cm³/mol. The molecule has 0 aliphatic carbocycles. The molecule has 1 amide bonds. The largest absolute Gasteiger partial charge is 0.417 e. The van der Waals surface area contributed by atoms with E-state index >= 15 is 0 Å². The molecule has 0 radical (unpaired) electrons. The fourth-order valence-electron chi connectivity index (χ4n) is 1.55. The molecule has 1 rings (SSSR count). The Bertz CT molecular complexity index is 612. The van der Waals surface area contributed by atoms with Gasteiger partial charge in [-0.15, -0.1) is 0 Å². The SMILES string of the molecule is CC(C)NC(=O)CNS(=O)(=O)c1ccccc1C(F)(F)F. The molecule has 0 saturated heterocycles. The molecular weight excluding hydrogens is 309 g/mol. The number of carbonyl (C=O) groups is 1. The summed E-state index contributed by atoms with van der Waals surface area (Å²) in [5.74, 6) is -0.627. The number of alkyl halides is 3. The number of benzene rings is 1. The second-order valence-electron chi connectivity index (χ2n) is 4.54. The minimum Gasteiger partial charge on any atom is -0.353 e. The average molecular weight is 324 g/mol. The third kappa shape index (κ3) is 5.01. The Hall–Kier alpha value is -1.61. The molecule has 118 valence electrons. The lowest BCUT2D eigenvalue weighted by molar-refractivity contribution is -0.139. The van der Waals surface area contributed by atoms with E-state index in [-0.39, 0.29) is 6.04 Å². The second kappa shape index (κ2) is 6.44. The molecule has 0 aliphatic rings. The molecule has 0 unspecified atom stereocenters. The monoisotopic (exact) mass is 324 g/mol. The smallest absolute Gasteiger partial charge is 0.353 e. The first-order valence-corrected chi connectivity index (χ1v) is 7.47. The van der Waals surface area contributed by atoms with E-state index in [0.29, 0.717) is 6.07 Å². The van der Waals surface area contributed by atoms with Gasteiger partial charge in [0.1, 0.15) is 0 Å². The van der Waals surface area contributed by atoms with Gasteiger partial charge < -0.3 is 5.32 Å². The molecule has 1 aromatic carbocycles. The molecule has 0 saturated carbocycles. The Morgan fingerprint density at radius 1 is 1.24 bits per heavy atom. The van der Waals surface area contributed by atoms with Crippen LogP contribution >= 0.6 is 0 Å². The lowest BCUT2D eigenvalue weighted by Gasteiger charge is -2.14. The molecule has 0 aliphatic heterocycles. The van der Waals surface area contributed by atoms with Crippen molar-refractivity contribution in [3.8, 4) is 0 Å². The van der Waals surface area contributed by atoms with Crippen LogP contribution in [0.1, 0.15) is 19.4 Å². The van der Waals surface area contributed by atoms with Crippen LogP contribution < -0.4 is 10.0 Å². The maximum absolute atomic E-state index is 12.8. The van der Waals surface area contributed by atoms with Crippen LogP contribution in [-0.4, -0.2) is 26.9 Å². The summed E-state index contributed by atoms with van der Waals surface area (Å²) in [6.07, 6.45) is -4.80. The minimum atomic E-state index is -4.80. The summed E-state index contributed by atoms with van der Waals surface area (Å²) >= 11 is 0. The van der Waals surface area contributed by atoms with Gasteiger partial charge in [-0.1, -0.05) is 12.1 Å². The fourth-order valence-corrected chi connectivity index (χ4v) is 2.75. The summed E-state index contributed by atoms with van der Waals surface area (Å²) in [6.45, 7) is 2.71. The van der Waals surface area contributed by atoms with Crippen molar-refractivity contribution in [2.75, 3.05) is 6.54 Å². The van der Waals surface area contributed by atoms with Gasteiger partial charge in [-0.05, 0) is 26.0 Å². The van der Waals surface area contributed by atoms with Crippen molar-refractivity contribution in [2.45, 2.75) is 31.0 Å². The zero-order chi connectivity index (χ0) is 16.3. The van der Waals surface area contributed by atoms with Crippen LogP contribution in [0.5, 0.6) is 0 Å². The van der Waals surface area contributed by atoms with Crippen LogP contribution in [0.25, 0.3) is 0 Å². The van der Waals surface area contributed by atoms with Crippen LogP contribution in [0.3, 0.4) is 0 Å². The summed E-state index contributed by atoms with van der Waals surface area (Å²) in [4.78, 5) is 10.4. The van der Waals surface area contributed by atoms with E-state index in [0.717, 1.165) is 12.1 Å². The Morgan fingerprint density at radius 2 is 1.81 bits per heavy atom. The van der Waals surface area contributed by atoms with Gasteiger partial charge in [-0.25, -0.2) is 13.1 Å². The first kappa shape index (κ1) is 17.4. The summed E-state index contributed by atoms with van der Waals surface area (Å²) in [7, 11) is -4.44. The van der Waals surface area contributed by atoms with Gasteiger partial charge in [-0.3, -0.25) is 4.79 Å². The molecular formula is C12H15F3N2O3S. The number of nitrogens with one attached hydrogen (secondary N) is 2. The number of hydrogen-bond acceptors (Lipinski definition) is 3. The van der Waals surface area contributed by atoms with E-state index in [9.17, 15) is 26.4 Å². The van der Waals surface area contributed by atoms with Crippen molar-refractivity contribution in [3.05, 3.63) is 29.8 Å². The number of carbonyl (C=O) groups excluding carboxylic acids is 1. The van der Waals surface area contributed by atoms with Crippen molar-refractivity contribution in [2.24, 2.45) is 0 Å². The van der Waals surface area contributed by atoms with Gasteiger partial charge >= 0.3 is 6.18 Å². The predicted octanol–water partition coefficient (Wildman–Crippen LogP) is 1.51. The number of halogens is 3. The number of amides is 1. The Kier molecular flexibility index (Phi) is 5.35. The molecule has 9 heteroatoms. The number of rotatable bonds is 5. The van der Waals surface area contributed by atoms with E-state index in [4.69, 9.17) is 0 Å². The van der Waals surface area contributed by atoms with Crippen molar-refractivity contribution >= 4 is 15.9 Å². The first-order chi connectivity index (χ1) is 9.54. The summed E-state index contributed by atoms with van der Waals surface area (Å²) < 4.78 is 64.0. The van der Waals surface area contributed by atoms with E-state index in [1.807, 2.05) is 4.72 Å². The van der Waals surface area contributed by atoms with Gasteiger partial charge in [0, 0.05) is 6.04 Å². The highest BCUT2D eigenvalue weighted by molar-refractivity contribution is 7.89. The van der Waals surface area contributed by atoms with Crippen molar-refractivity contribution < 1.29 is 26.4 Å². The molecule has 0 aromatic heterocycles. The number of hydrogen-bond donors (Lipinski definition) is 2. The highest BCUT2D eigenvalue weighted by atomic mass is 32.2. The van der Waals surface area contributed by atoms with Gasteiger partial charge in [-0.2, -0.15) is 13.2 Å². The second-order valence-corrected chi connectivity index (χ2v) is 6.28. The Morgan fingerprint density at radius 3 is 2.33 bits per heavy atom. The molecule has 0 fully saturated rings. The fraction of sp³-hybridized carbons (Fsp3) is 0.417. The minimum absolute atomic E-state index is 0.204. The van der Waals surface area contributed by atoms with Crippen LogP contribution in [0, 0.1) is 0 Å². The summed E-state index contributed by atoms with van der Waals surface area (Å²) in [5.41, 5.74) is -1.28. The van der Waals surface area contributed by atoms with E-state index < -0.39 is 39.1 Å². The molecule has 0 atom stereocenters. The van der Waals surface area contributed by atoms with Crippen molar-refractivity contribution in [3.63, 3.8) is 0 Å². The normalized spacial score (nSPS) is 12.5. The van der Waals surface area contributed by atoms with E-state index in [1.165, 1.54) is 6.07 Å². The highest BCUT2D eigenvalue weighted by Gasteiger charge is 2.36. The average Bonchev–Trinajstić information content (AvgIpc) is 2.35. The van der Waals surface area contributed by atoms with Gasteiger partial charge in [0.25, 0.3) is 0 Å². The maximum Gasteiger partial charge on any atom is 0.417 e. The first-order valence-electron chi connectivity index (χ1n) is 5.99. The summed E-state index contributed by atoms with van der Waals surface area (Å²) in [6, 6.07) is 3.57. The van der Waals surface area contributed by atoms with Crippen LogP contribution in [0.4, 0.5) is 13.2 Å². The zero-order valence-corrected chi connectivity index (χ0v) is 12.2. The van der Waals surface area contributed by atoms with Crippen molar-refractivity contribution in [1.29, 1.82) is 0 Å².